The summed E-state index contributed by atoms with van der Waals surface area (Å²) >= 11 is 2.71. The van der Waals surface area contributed by atoms with E-state index in [2.05, 4.69) is 20.2 Å². The summed E-state index contributed by atoms with van der Waals surface area (Å²) in [6.45, 7) is 1.88. The quantitative estimate of drug-likeness (QED) is 0.718. The normalized spacial score (nSPS) is 12.8. The number of hydrogen-bond acceptors (Lipinski definition) is 7. The summed E-state index contributed by atoms with van der Waals surface area (Å²) in [7, 11) is -3.78. The molecule has 0 saturated carbocycles. The summed E-state index contributed by atoms with van der Waals surface area (Å²) in [6, 6.07) is 5.59. The molecular weight excluding hydrogens is 368 g/mol. The summed E-state index contributed by atoms with van der Waals surface area (Å²) in [5.74, 6) is 0.196. The van der Waals surface area contributed by atoms with Crippen LogP contribution in [0, 0.1) is 6.92 Å². The van der Waals surface area contributed by atoms with E-state index in [9.17, 15) is 13.2 Å². The van der Waals surface area contributed by atoms with Gasteiger partial charge in [-0.2, -0.15) is 16.5 Å². The number of nitrogens with one attached hydrogen (secondary N) is 2. The average Bonchev–Trinajstić information content (AvgIpc) is 3.04. The van der Waals surface area contributed by atoms with E-state index in [4.69, 9.17) is 0 Å². The third kappa shape index (κ3) is 5.26. The Bertz CT molecular complexity index is 761. The third-order valence-electron chi connectivity index (χ3n) is 3.15. The third-order valence-corrected chi connectivity index (χ3v) is 5.88. The fraction of sp³-hybridized carbons (Fsp3) is 0.357. The number of rotatable bonds is 8. The van der Waals surface area contributed by atoms with Crippen LogP contribution in [-0.4, -0.2) is 42.6 Å². The molecule has 1 aromatic heterocycles. The highest BCUT2D eigenvalue weighted by Crippen LogP contribution is 2.14. The molecular formula is C14H18N4O3S3. The van der Waals surface area contributed by atoms with Crippen molar-refractivity contribution in [1.82, 2.24) is 14.9 Å². The van der Waals surface area contributed by atoms with Crippen molar-refractivity contribution < 1.29 is 13.2 Å². The number of anilines is 1. The fourth-order valence-electron chi connectivity index (χ4n) is 1.87. The first-order valence-electron chi connectivity index (χ1n) is 7.07. The molecule has 7 nitrogen and oxygen atoms in total. The highest BCUT2D eigenvalue weighted by molar-refractivity contribution is 7.98. The minimum atomic E-state index is -3.78. The van der Waals surface area contributed by atoms with Gasteiger partial charge < -0.3 is 0 Å². The molecule has 0 aliphatic heterocycles. The number of nitrogens with zero attached hydrogens (tertiary/aromatic N) is 2. The van der Waals surface area contributed by atoms with E-state index < -0.39 is 22.0 Å². The molecule has 1 atom stereocenters. The molecule has 0 saturated heterocycles. The van der Waals surface area contributed by atoms with Gasteiger partial charge in [-0.1, -0.05) is 29.0 Å². The van der Waals surface area contributed by atoms with Crippen LogP contribution in [0.3, 0.4) is 0 Å². The second-order valence-corrected chi connectivity index (χ2v) is 8.53. The van der Waals surface area contributed by atoms with Gasteiger partial charge in [-0.15, -0.1) is 10.2 Å². The zero-order valence-corrected chi connectivity index (χ0v) is 15.7. The maximum atomic E-state index is 12.5. The van der Waals surface area contributed by atoms with Gasteiger partial charge in [0.25, 0.3) is 0 Å². The number of thioether (sulfide) groups is 1. The summed E-state index contributed by atoms with van der Waals surface area (Å²) in [5, 5.41) is 10.3. The topological polar surface area (TPSA) is 101 Å². The Morgan fingerprint density at radius 2 is 2.04 bits per heavy atom. The molecule has 2 aromatic rings. The maximum absolute atomic E-state index is 12.5. The molecule has 0 aliphatic carbocycles. The SMILES string of the molecule is CSCCC(NS(=O)(=O)c1ccc(C)cc1)C(=O)Nc1nncs1. The van der Waals surface area contributed by atoms with Gasteiger partial charge in [-0.05, 0) is 37.5 Å². The van der Waals surface area contributed by atoms with Gasteiger partial charge in [0.15, 0.2) is 0 Å². The summed E-state index contributed by atoms with van der Waals surface area (Å²) in [6.07, 6.45) is 2.27. The Morgan fingerprint density at radius 3 is 2.62 bits per heavy atom. The minimum Gasteiger partial charge on any atom is -0.299 e. The fourth-order valence-corrected chi connectivity index (χ4v) is 4.02. The zero-order chi connectivity index (χ0) is 17.6. The van der Waals surface area contributed by atoms with Crippen molar-refractivity contribution in [1.29, 1.82) is 0 Å². The van der Waals surface area contributed by atoms with Crippen molar-refractivity contribution >= 4 is 44.2 Å². The van der Waals surface area contributed by atoms with Crippen molar-refractivity contribution in [2.45, 2.75) is 24.3 Å². The molecule has 2 rings (SSSR count). The van der Waals surface area contributed by atoms with Gasteiger partial charge in [0.2, 0.25) is 21.1 Å². The predicted octanol–water partition coefficient (Wildman–Crippen LogP) is 1.89. The van der Waals surface area contributed by atoms with Crippen LogP contribution in [0.5, 0.6) is 0 Å². The Kier molecular flexibility index (Phi) is 6.72. The van der Waals surface area contributed by atoms with E-state index in [1.54, 1.807) is 12.1 Å². The molecule has 1 heterocycles. The smallest absolute Gasteiger partial charge is 0.244 e. The monoisotopic (exact) mass is 386 g/mol. The molecule has 1 unspecified atom stereocenters. The molecule has 0 spiro atoms. The number of aromatic nitrogens is 2. The average molecular weight is 387 g/mol. The van der Waals surface area contributed by atoms with Gasteiger partial charge >= 0.3 is 0 Å². The summed E-state index contributed by atoms with van der Waals surface area (Å²) in [5.41, 5.74) is 2.45. The second kappa shape index (κ2) is 8.56. The van der Waals surface area contributed by atoms with Crippen molar-refractivity contribution in [3.63, 3.8) is 0 Å². The van der Waals surface area contributed by atoms with Crippen molar-refractivity contribution in [3.8, 4) is 0 Å². The first kappa shape index (κ1) is 18.8. The molecule has 0 bridgehead atoms. The van der Waals surface area contributed by atoms with Crippen LogP contribution in [0.1, 0.15) is 12.0 Å². The predicted molar refractivity (Wildman–Crippen MR) is 96.8 cm³/mol. The van der Waals surface area contributed by atoms with E-state index in [0.29, 0.717) is 17.3 Å². The molecule has 10 heteroatoms. The van der Waals surface area contributed by atoms with Crippen molar-refractivity contribution in [3.05, 3.63) is 35.3 Å². The van der Waals surface area contributed by atoms with Crippen LogP contribution in [0.2, 0.25) is 0 Å². The number of benzene rings is 1. The van der Waals surface area contributed by atoms with Crippen molar-refractivity contribution in [2.24, 2.45) is 0 Å². The van der Waals surface area contributed by atoms with Crippen LogP contribution in [-0.2, 0) is 14.8 Å². The van der Waals surface area contributed by atoms with E-state index in [-0.39, 0.29) is 4.90 Å². The summed E-state index contributed by atoms with van der Waals surface area (Å²) in [4.78, 5) is 12.5. The lowest BCUT2D eigenvalue weighted by Crippen LogP contribution is -2.44. The van der Waals surface area contributed by atoms with Crippen molar-refractivity contribution in [2.75, 3.05) is 17.3 Å². The lowest BCUT2D eigenvalue weighted by atomic mass is 10.2. The summed E-state index contributed by atoms with van der Waals surface area (Å²) < 4.78 is 27.5. The lowest BCUT2D eigenvalue weighted by Gasteiger charge is -2.17. The van der Waals surface area contributed by atoms with E-state index in [0.717, 1.165) is 5.56 Å². The molecule has 2 N–H and O–H groups in total. The van der Waals surface area contributed by atoms with Gasteiger partial charge in [0.05, 0.1) is 4.90 Å². The van der Waals surface area contributed by atoms with Crippen LogP contribution in [0.4, 0.5) is 5.13 Å². The Balaban J connectivity index is 2.14. The number of carbonyl (C=O) groups is 1. The standard InChI is InChI=1S/C14H18N4O3S3/c1-10-3-5-11(6-4-10)24(20,21)18-12(7-8-22-2)13(19)16-14-17-15-9-23-14/h3-6,9,12,18H,7-8H2,1-2H3,(H,16,17,19). The van der Waals surface area contributed by atoms with Crippen LogP contribution >= 0.6 is 23.1 Å². The van der Waals surface area contributed by atoms with Gasteiger partial charge in [0.1, 0.15) is 11.6 Å². The molecule has 130 valence electrons. The minimum absolute atomic E-state index is 0.131. The Hall–Kier alpha value is -1.49. The second-order valence-electron chi connectivity index (χ2n) is 5.00. The largest absolute Gasteiger partial charge is 0.299 e. The molecule has 0 fully saturated rings. The number of amides is 1. The first-order chi connectivity index (χ1) is 11.4. The van der Waals surface area contributed by atoms with E-state index >= 15 is 0 Å². The molecule has 1 aromatic carbocycles. The van der Waals surface area contributed by atoms with Crippen LogP contribution in [0.25, 0.3) is 0 Å². The number of aryl methyl sites for hydroxylation is 1. The lowest BCUT2D eigenvalue weighted by molar-refractivity contribution is -0.117. The maximum Gasteiger partial charge on any atom is 0.244 e. The Labute approximate surface area is 149 Å². The highest BCUT2D eigenvalue weighted by atomic mass is 32.2. The molecule has 1 amide bonds. The molecule has 24 heavy (non-hydrogen) atoms. The van der Waals surface area contributed by atoms with Gasteiger partial charge in [-0.3, -0.25) is 10.1 Å². The number of carbonyl (C=O) groups excluding carboxylic acids is 1. The highest BCUT2D eigenvalue weighted by Gasteiger charge is 2.26. The van der Waals surface area contributed by atoms with Crippen LogP contribution in [0.15, 0.2) is 34.7 Å². The number of hydrogen-bond donors (Lipinski definition) is 2. The van der Waals surface area contributed by atoms with E-state index in [1.165, 1.54) is 40.7 Å². The first-order valence-corrected chi connectivity index (χ1v) is 10.8. The van der Waals surface area contributed by atoms with Crippen LogP contribution < -0.4 is 10.0 Å². The van der Waals surface area contributed by atoms with Gasteiger partial charge in [0, 0.05) is 0 Å². The zero-order valence-electron chi connectivity index (χ0n) is 13.2. The Morgan fingerprint density at radius 1 is 1.33 bits per heavy atom. The molecule has 0 aliphatic rings. The van der Waals surface area contributed by atoms with Gasteiger partial charge in [-0.25, -0.2) is 8.42 Å². The van der Waals surface area contributed by atoms with E-state index in [1.807, 2.05) is 13.2 Å². The molecule has 0 radical (unpaired) electrons. The number of sulfonamides is 1.